The lowest BCUT2D eigenvalue weighted by molar-refractivity contribution is -0.171. The molecule has 0 saturated heterocycles. The lowest BCUT2D eigenvalue weighted by Gasteiger charge is -2.25. The van der Waals surface area contributed by atoms with E-state index >= 15 is 0 Å². The Balaban J connectivity index is 1.57. The van der Waals surface area contributed by atoms with Crippen molar-refractivity contribution < 1.29 is 38.2 Å². The van der Waals surface area contributed by atoms with Crippen LogP contribution < -0.4 is 16.4 Å². The summed E-state index contributed by atoms with van der Waals surface area (Å²) in [5, 5.41) is 5.21. The van der Waals surface area contributed by atoms with Crippen molar-refractivity contribution in [3.8, 4) is 0 Å². The monoisotopic (exact) mass is 621 g/mol. The fourth-order valence-corrected chi connectivity index (χ4v) is 5.24. The van der Waals surface area contributed by atoms with Gasteiger partial charge < -0.3 is 30.6 Å². The predicted molar refractivity (Wildman–Crippen MR) is 166 cm³/mol. The molecule has 1 aliphatic rings. The number of nitrogens with two attached hydrogens (primary N) is 1. The summed E-state index contributed by atoms with van der Waals surface area (Å²) in [6.45, 7) is 7.22. The number of nitrogens with one attached hydrogen (secondary N) is 2. The molecule has 0 spiro atoms. The number of nitrogens with zero attached hydrogens (tertiary/aromatic N) is 2. The summed E-state index contributed by atoms with van der Waals surface area (Å²) in [6.07, 6.45) is 1.37. The summed E-state index contributed by atoms with van der Waals surface area (Å²) in [5.41, 5.74) is 7.47. The van der Waals surface area contributed by atoms with E-state index in [-0.39, 0.29) is 17.2 Å². The number of esters is 2. The molecule has 1 heterocycles. The van der Waals surface area contributed by atoms with Gasteiger partial charge in [0, 0.05) is 25.2 Å². The molecule has 2 atom stereocenters. The van der Waals surface area contributed by atoms with Crippen LogP contribution in [0.4, 0.5) is 22.1 Å². The van der Waals surface area contributed by atoms with Crippen LogP contribution in [0.25, 0.3) is 11.0 Å². The van der Waals surface area contributed by atoms with Crippen LogP contribution in [0.3, 0.4) is 0 Å². The molecule has 1 saturated carbocycles. The van der Waals surface area contributed by atoms with Gasteiger partial charge in [-0.2, -0.15) is 0 Å². The van der Waals surface area contributed by atoms with Crippen molar-refractivity contribution in [2.45, 2.75) is 90.4 Å². The van der Waals surface area contributed by atoms with Crippen LogP contribution in [0.2, 0.25) is 0 Å². The third-order valence-electron chi connectivity index (χ3n) is 7.16. The highest BCUT2D eigenvalue weighted by molar-refractivity contribution is 6.04. The van der Waals surface area contributed by atoms with Gasteiger partial charge in [0.2, 0.25) is 18.2 Å². The van der Waals surface area contributed by atoms with Crippen molar-refractivity contribution in [3.63, 3.8) is 0 Å². The lowest BCUT2D eigenvalue weighted by atomic mass is 9.84. The largest absolute Gasteiger partial charge is 0.448 e. The highest BCUT2D eigenvalue weighted by Crippen LogP contribution is 2.33. The van der Waals surface area contributed by atoms with E-state index in [0.29, 0.717) is 17.1 Å². The van der Waals surface area contributed by atoms with E-state index in [2.05, 4.69) is 15.6 Å². The third kappa shape index (κ3) is 8.58. The zero-order valence-corrected chi connectivity index (χ0v) is 26.0. The van der Waals surface area contributed by atoms with E-state index < -0.39 is 47.7 Å². The van der Waals surface area contributed by atoms with Gasteiger partial charge in [-0.25, -0.2) is 14.3 Å². The molecule has 0 bridgehead atoms. The summed E-state index contributed by atoms with van der Waals surface area (Å²) in [7, 11) is 0. The first-order valence-electron chi connectivity index (χ1n) is 14.8. The van der Waals surface area contributed by atoms with Crippen molar-refractivity contribution in [3.05, 3.63) is 48.0 Å². The van der Waals surface area contributed by atoms with Crippen LogP contribution in [-0.4, -0.2) is 57.2 Å². The number of anilines is 3. The highest BCUT2D eigenvalue weighted by Gasteiger charge is 2.40. The number of carbonyl (C=O) groups excluding carboxylic acids is 5. The Hall–Kier alpha value is -4.94. The fourth-order valence-electron chi connectivity index (χ4n) is 5.24. The summed E-state index contributed by atoms with van der Waals surface area (Å²) in [4.78, 5) is 67.9. The predicted octanol–water partition coefficient (Wildman–Crippen LogP) is 4.89. The van der Waals surface area contributed by atoms with Crippen molar-refractivity contribution >= 4 is 58.2 Å². The summed E-state index contributed by atoms with van der Waals surface area (Å²) >= 11 is 0. The standard InChI is InChI=1S/C32H39N5O8/c1-18(38)43-26(28(40)34-22-13-11-21(12-14-22)20-9-7-6-8-10-20)27(44-19(2)39)29(41)35-23-15-16-24-25(17-23)37(30(33)36-24)31(42)45-32(3,4)5/h11-17,20,26-27H,6-10H2,1-5H3,(H2,33,36)(H,34,40)(H,35,41)/t26-,27-/m1/s1. The van der Waals surface area contributed by atoms with Gasteiger partial charge in [0.25, 0.3) is 11.8 Å². The second-order valence-corrected chi connectivity index (χ2v) is 12.0. The normalized spacial score (nSPS) is 15.0. The molecule has 240 valence electrons. The third-order valence-corrected chi connectivity index (χ3v) is 7.16. The maximum absolute atomic E-state index is 13.5. The molecule has 0 aliphatic heterocycles. The molecular formula is C32H39N5O8. The van der Waals surface area contributed by atoms with Gasteiger partial charge in [0.1, 0.15) is 5.60 Å². The number of rotatable bonds is 8. The molecule has 2 amide bonds. The molecule has 1 aromatic heterocycles. The molecule has 45 heavy (non-hydrogen) atoms. The summed E-state index contributed by atoms with van der Waals surface area (Å²) in [5.74, 6) is -3.25. The van der Waals surface area contributed by atoms with Gasteiger partial charge in [-0.1, -0.05) is 31.4 Å². The quantitative estimate of drug-likeness (QED) is 0.231. The minimum atomic E-state index is -1.86. The first-order valence-corrected chi connectivity index (χ1v) is 14.8. The van der Waals surface area contributed by atoms with E-state index in [1.165, 1.54) is 43.0 Å². The molecule has 1 aliphatic carbocycles. The smallest absolute Gasteiger partial charge is 0.421 e. The first kappa shape index (κ1) is 33.0. The number of benzene rings is 2. The molecule has 2 aromatic carbocycles. The van der Waals surface area contributed by atoms with Crippen LogP contribution in [-0.2, 0) is 33.4 Å². The lowest BCUT2D eigenvalue weighted by Crippen LogP contribution is -2.49. The Morgan fingerprint density at radius 3 is 1.91 bits per heavy atom. The van der Waals surface area contributed by atoms with Gasteiger partial charge >= 0.3 is 18.0 Å². The first-order chi connectivity index (χ1) is 21.2. The Kier molecular flexibility index (Phi) is 10.1. The number of ether oxygens (including phenoxy) is 3. The molecule has 13 heteroatoms. The number of nitrogen functional groups attached to an aromatic ring is 1. The van der Waals surface area contributed by atoms with E-state index in [4.69, 9.17) is 19.9 Å². The SMILES string of the molecule is CC(=O)O[C@@H](C(=O)Nc1ccc(C2CCCCC2)cc1)[C@@H](OC(C)=O)C(=O)Nc1ccc2nc(N)n(C(=O)OC(C)(C)C)c2c1. The topological polar surface area (TPSA) is 181 Å². The van der Waals surface area contributed by atoms with Crippen molar-refractivity contribution in [1.82, 2.24) is 9.55 Å². The molecule has 4 N–H and O–H groups in total. The van der Waals surface area contributed by atoms with Crippen LogP contribution in [0.1, 0.15) is 78.2 Å². The number of imidazole rings is 1. The van der Waals surface area contributed by atoms with E-state index in [9.17, 15) is 24.0 Å². The Morgan fingerprint density at radius 2 is 1.38 bits per heavy atom. The Morgan fingerprint density at radius 1 is 0.844 bits per heavy atom. The average Bonchev–Trinajstić information content (AvgIpc) is 3.29. The second-order valence-electron chi connectivity index (χ2n) is 12.0. The molecule has 0 radical (unpaired) electrons. The minimum Gasteiger partial charge on any atom is -0.448 e. The van der Waals surface area contributed by atoms with E-state index in [0.717, 1.165) is 31.3 Å². The molecule has 13 nitrogen and oxygen atoms in total. The average molecular weight is 622 g/mol. The van der Waals surface area contributed by atoms with Gasteiger partial charge in [0.05, 0.1) is 11.0 Å². The molecular weight excluding hydrogens is 582 g/mol. The van der Waals surface area contributed by atoms with Crippen LogP contribution >= 0.6 is 0 Å². The Labute approximate surface area is 260 Å². The maximum atomic E-state index is 13.5. The van der Waals surface area contributed by atoms with E-state index in [1.54, 1.807) is 32.9 Å². The number of fused-ring (bicyclic) bond motifs is 1. The number of aromatic nitrogens is 2. The summed E-state index contributed by atoms with van der Waals surface area (Å²) in [6, 6.07) is 11.8. The van der Waals surface area contributed by atoms with Crippen molar-refractivity contribution in [1.29, 1.82) is 0 Å². The molecule has 1 fully saturated rings. The van der Waals surface area contributed by atoms with Crippen LogP contribution in [0.15, 0.2) is 42.5 Å². The highest BCUT2D eigenvalue weighted by atomic mass is 16.6. The Bertz CT molecular complexity index is 1590. The number of hydrogen-bond donors (Lipinski definition) is 3. The number of carbonyl (C=O) groups is 5. The van der Waals surface area contributed by atoms with E-state index in [1.807, 2.05) is 12.1 Å². The molecule has 0 unspecified atom stereocenters. The molecule has 3 aromatic rings. The van der Waals surface area contributed by atoms with Crippen molar-refractivity contribution in [2.75, 3.05) is 16.4 Å². The number of amides is 2. The fraction of sp³-hybridized carbons (Fsp3) is 0.438. The second kappa shape index (κ2) is 13.8. The zero-order valence-electron chi connectivity index (χ0n) is 26.0. The maximum Gasteiger partial charge on any atom is 0.421 e. The zero-order chi connectivity index (χ0) is 32.9. The minimum absolute atomic E-state index is 0.126. The number of hydrogen-bond acceptors (Lipinski definition) is 10. The van der Waals surface area contributed by atoms with Gasteiger partial charge in [-0.3, -0.25) is 19.2 Å². The molecule has 4 rings (SSSR count). The van der Waals surface area contributed by atoms with Gasteiger partial charge in [-0.05, 0) is 75.4 Å². The summed E-state index contributed by atoms with van der Waals surface area (Å²) < 4.78 is 16.9. The van der Waals surface area contributed by atoms with Crippen LogP contribution in [0.5, 0.6) is 0 Å². The van der Waals surface area contributed by atoms with Crippen molar-refractivity contribution in [2.24, 2.45) is 0 Å². The van der Waals surface area contributed by atoms with Gasteiger partial charge in [0.15, 0.2) is 0 Å². The van der Waals surface area contributed by atoms with Gasteiger partial charge in [-0.15, -0.1) is 0 Å². The van der Waals surface area contributed by atoms with Crippen LogP contribution in [0, 0.1) is 0 Å².